The van der Waals surface area contributed by atoms with Crippen molar-refractivity contribution in [1.82, 2.24) is 10.3 Å². The maximum absolute atomic E-state index is 11.9. The first-order valence-electron chi connectivity index (χ1n) is 7.33. The third kappa shape index (κ3) is 7.82. The zero-order chi connectivity index (χ0) is 15.0. The third-order valence-electron chi connectivity index (χ3n) is 3.09. The van der Waals surface area contributed by atoms with E-state index in [1.807, 2.05) is 19.1 Å². The lowest BCUT2D eigenvalue weighted by Gasteiger charge is -2.21. The van der Waals surface area contributed by atoms with Gasteiger partial charge in [0.25, 0.3) is 5.91 Å². The van der Waals surface area contributed by atoms with E-state index >= 15 is 0 Å². The Hall–Kier alpha value is -1.04. The lowest BCUT2D eigenvalue weighted by atomic mass is 10.2. The van der Waals surface area contributed by atoms with Crippen LogP contribution in [0.15, 0.2) is 18.3 Å². The molecule has 0 bridgehead atoms. The molecule has 0 aliphatic carbocycles. The average Bonchev–Trinajstić information content (AvgIpc) is 2.44. The Morgan fingerprint density at radius 3 is 2.50 bits per heavy atom. The highest BCUT2D eigenvalue weighted by Gasteiger charge is 2.08. The molecule has 0 radical (unpaired) electrons. The van der Waals surface area contributed by atoms with Gasteiger partial charge < -0.3 is 16.0 Å². The van der Waals surface area contributed by atoms with Gasteiger partial charge in [0.15, 0.2) is 0 Å². The van der Waals surface area contributed by atoms with Crippen LogP contribution < -0.4 is 16.0 Å². The van der Waals surface area contributed by atoms with Crippen LogP contribution in [-0.4, -0.2) is 36.6 Å². The number of aromatic nitrogens is 1. The molecule has 1 aromatic rings. The minimum Gasteiger partial charge on any atom is -0.357 e. The molecule has 1 aromatic heterocycles. The summed E-state index contributed by atoms with van der Waals surface area (Å²) in [5.41, 5.74) is 6.23. The highest BCUT2D eigenvalue weighted by Crippen LogP contribution is 2.11. The molecule has 0 saturated heterocycles. The summed E-state index contributed by atoms with van der Waals surface area (Å²) in [6.07, 6.45) is 3.49. The molecule has 0 fully saturated rings. The monoisotopic (exact) mass is 350 g/mol. The van der Waals surface area contributed by atoms with Crippen LogP contribution in [0.2, 0.25) is 0 Å². The van der Waals surface area contributed by atoms with Crippen LogP contribution >= 0.6 is 24.8 Å². The van der Waals surface area contributed by atoms with Crippen LogP contribution in [0.1, 0.15) is 44.0 Å². The molecule has 0 aromatic carbocycles. The Kier molecular flexibility index (Phi) is 13.2. The molecule has 0 spiro atoms. The average molecular weight is 351 g/mol. The Morgan fingerprint density at radius 1 is 1.36 bits per heavy atom. The molecule has 1 unspecified atom stereocenters. The molecule has 7 heteroatoms. The highest BCUT2D eigenvalue weighted by molar-refractivity contribution is 5.94. The van der Waals surface area contributed by atoms with Gasteiger partial charge in [-0.2, -0.15) is 0 Å². The maximum Gasteiger partial charge on any atom is 0.252 e. The van der Waals surface area contributed by atoms with Crippen LogP contribution in [-0.2, 0) is 0 Å². The molecule has 5 nitrogen and oxygen atoms in total. The van der Waals surface area contributed by atoms with Crippen molar-refractivity contribution < 1.29 is 4.79 Å². The van der Waals surface area contributed by atoms with Crippen LogP contribution in [0.4, 0.5) is 5.82 Å². The van der Waals surface area contributed by atoms with Gasteiger partial charge in [-0.25, -0.2) is 4.98 Å². The van der Waals surface area contributed by atoms with Crippen LogP contribution in [0.5, 0.6) is 0 Å². The van der Waals surface area contributed by atoms with E-state index in [1.54, 1.807) is 6.20 Å². The van der Waals surface area contributed by atoms with Crippen LogP contribution in [0.3, 0.4) is 0 Å². The van der Waals surface area contributed by atoms with Gasteiger partial charge in [-0.3, -0.25) is 4.79 Å². The molecule has 1 rings (SSSR count). The Balaban J connectivity index is 0. The van der Waals surface area contributed by atoms with Crippen LogP contribution in [0, 0.1) is 0 Å². The van der Waals surface area contributed by atoms with E-state index in [-0.39, 0.29) is 36.8 Å². The molecule has 1 amide bonds. The van der Waals surface area contributed by atoms with Gasteiger partial charge >= 0.3 is 0 Å². The van der Waals surface area contributed by atoms with Crippen molar-refractivity contribution in [2.75, 3.05) is 24.5 Å². The first-order valence-corrected chi connectivity index (χ1v) is 7.33. The van der Waals surface area contributed by atoms with Crippen molar-refractivity contribution in [3.8, 4) is 0 Å². The Morgan fingerprint density at radius 2 is 2.05 bits per heavy atom. The summed E-state index contributed by atoms with van der Waals surface area (Å²) in [6.45, 7) is 8.66. The van der Waals surface area contributed by atoms with Crippen molar-refractivity contribution >= 4 is 36.5 Å². The fourth-order valence-electron chi connectivity index (χ4n) is 1.93. The van der Waals surface area contributed by atoms with Crippen molar-refractivity contribution in [1.29, 1.82) is 0 Å². The summed E-state index contributed by atoms with van der Waals surface area (Å²) < 4.78 is 0. The van der Waals surface area contributed by atoms with E-state index < -0.39 is 0 Å². The number of carbonyl (C=O) groups is 1. The molecular formula is C15H28Cl2N4O. The van der Waals surface area contributed by atoms with E-state index in [0.29, 0.717) is 12.1 Å². The molecule has 3 N–H and O–H groups in total. The van der Waals surface area contributed by atoms with Gasteiger partial charge in [-0.15, -0.1) is 24.8 Å². The lowest BCUT2D eigenvalue weighted by Crippen LogP contribution is -2.29. The van der Waals surface area contributed by atoms with E-state index in [9.17, 15) is 4.79 Å². The maximum atomic E-state index is 11.9. The summed E-state index contributed by atoms with van der Waals surface area (Å²) in [5.74, 6) is 0.824. The van der Waals surface area contributed by atoms with Gasteiger partial charge in [0.1, 0.15) is 5.82 Å². The smallest absolute Gasteiger partial charge is 0.252 e. The number of hydrogen-bond acceptors (Lipinski definition) is 4. The number of anilines is 1. The zero-order valence-corrected chi connectivity index (χ0v) is 15.2. The number of nitrogens with zero attached hydrogens (tertiary/aromatic N) is 2. The number of carbonyl (C=O) groups excluding carboxylic acids is 1. The highest BCUT2D eigenvalue weighted by atomic mass is 35.5. The molecule has 1 heterocycles. The fraction of sp³-hybridized carbons (Fsp3) is 0.600. The first kappa shape index (κ1) is 23.2. The van der Waals surface area contributed by atoms with Gasteiger partial charge in [-0.05, 0) is 38.8 Å². The second kappa shape index (κ2) is 12.5. The molecule has 0 saturated carbocycles. The largest absolute Gasteiger partial charge is 0.357 e. The molecule has 22 heavy (non-hydrogen) atoms. The van der Waals surface area contributed by atoms with Gasteiger partial charge in [0, 0.05) is 31.9 Å². The van der Waals surface area contributed by atoms with Crippen molar-refractivity contribution in [2.24, 2.45) is 5.73 Å². The summed E-state index contributed by atoms with van der Waals surface area (Å²) in [7, 11) is 0. The van der Waals surface area contributed by atoms with E-state index in [2.05, 4.69) is 29.0 Å². The first-order chi connectivity index (χ1) is 9.58. The number of rotatable bonds is 8. The van der Waals surface area contributed by atoms with E-state index in [1.165, 1.54) is 0 Å². The number of amides is 1. The minimum absolute atomic E-state index is 0. The standard InChI is InChI=1S/C15H26N4O.2ClH/c1-4-10-19(5-2)14-7-6-13(11-18-14)15(20)17-9-8-12(3)16;;/h6-7,11-12H,4-5,8-10,16H2,1-3H3,(H,17,20);2*1H. The topological polar surface area (TPSA) is 71.2 Å². The number of pyridine rings is 1. The second-order valence-corrected chi connectivity index (χ2v) is 5.01. The number of hydrogen-bond donors (Lipinski definition) is 2. The summed E-state index contributed by atoms with van der Waals surface area (Å²) >= 11 is 0. The van der Waals surface area contributed by atoms with E-state index in [4.69, 9.17) is 5.73 Å². The SMILES string of the molecule is CCCN(CC)c1ccc(C(=O)NCCC(C)N)cn1.Cl.Cl. The predicted molar refractivity (Wildman–Crippen MR) is 97.5 cm³/mol. The van der Waals surface area contributed by atoms with E-state index in [0.717, 1.165) is 31.7 Å². The molecule has 1 atom stereocenters. The quantitative estimate of drug-likeness (QED) is 0.755. The van der Waals surface area contributed by atoms with Crippen molar-refractivity contribution in [3.63, 3.8) is 0 Å². The minimum atomic E-state index is -0.0942. The molecule has 128 valence electrons. The Labute approximate surface area is 145 Å². The molecular weight excluding hydrogens is 323 g/mol. The number of nitrogens with two attached hydrogens (primary N) is 1. The van der Waals surface area contributed by atoms with Gasteiger partial charge in [-0.1, -0.05) is 6.92 Å². The van der Waals surface area contributed by atoms with Crippen molar-refractivity contribution in [3.05, 3.63) is 23.9 Å². The summed E-state index contributed by atoms with van der Waals surface area (Å²) in [5, 5.41) is 2.85. The third-order valence-corrected chi connectivity index (χ3v) is 3.09. The lowest BCUT2D eigenvalue weighted by molar-refractivity contribution is 0.0952. The molecule has 0 aliphatic rings. The number of nitrogens with one attached hydrogen (secondary N) is 1. The number of halogens is 2. The predicted octanol–water partition coefficient (Wildman–Crippen LogP) is 2.63. The Bertz CT molecular complexity index is 413. The molecule has 0 aliphatic heterocycles. The van der Waals surface area contributed by atoms with Crippen molar-refractivity contribution in [2.45, 2.75) is 39.7 Å². The fourth-order valence-corrected chi connectivity index (χ4v) is 1.93. The van der Waals surface area contributed by atoms with Gasteiger partial charge in [0.05, 0.1) is 5.56 Å². The second-order valence-electron chi connectivity index (χ2n) is 5.01. The summed E-state index contributed by atoms with van der Waals surface area (Å²) in [4.78, 5) is 18.5. The zero-order valence-electron chi connectivity index (χ0n) is 13.5. The summed E-state index contributed by atoms with van der Waals surface area (Å²) in [6, 6.07) is 3.82. The van der Waals surface area contributed by atoms with Gasteiger partial charge in [0.2, 0.25) is 0 Å². The van der Waals surface area contributed by atoms with Crippen LogP contribution in [0.25, 0.3) is 0 Å². The normalized spacial score (nSPS) is 10.9.